The van der Waals surface area contributed by atoms with Gasteiger partial charge in [0.05, 0.1) is 12.3 Å². The molecule has 0 saturated carbocycles. The Bertz CT molecular complexity index is 756. The summed E-state index contributed by atoms with van der Waals surface area (Å²) < 4.78 is 19.2. The van der Waals surface area contributed by atoms with Gasteiger partial charge < -0.3 is 4.74 Å². The van der Waals surface area contributed by atoms with Crippen molar-refractivity contribution in [2.24, 2.45) is 4.99 Å². The largest absolute Gasteiger partial charge is 0.463 e. The van der Waals surface area contributed by atoms with Gasteiger partial charge in [-0.25, -0.2) is 9.18 Å². The zero-order valence-corrected chi connectivity index (χ0v) is 14.1. The van der Waals surface area contributed by atoms with Crippen molar-refractivity contribution in [1.29, 1.82) is 0 Å². The molecule has 3 nitrogen and oxygen atoms in total. The van der Waals surface area contributed by atoms with Gasteiger partial charge in [-0.2, -0.15) is 0 Å². The molecule has 0 N–H and O–H groups in total. The Morgan fingerprint density at radius 1 is 1.30 bits per heavy atom. The van der Waals surface area contributed by atoms with Crippen molar-refractivity contribution < 1.29 is 13.9 Å². The number of halogens is 2. The van der Waals surface area contributed by atoms with Gasteiger partial charge in [0.1, 0.15) is 5.82 Å². The molecule has 0 bridgehead atoms. The van der Waals surface area contributed by atoms with Gasteiger partial charge in [-0.3, -0.25) is 4.99 Å². The molecule has 0 fully saturated rings. The van der Waals surface area contributed by atoms with Gasteiger partial charge in [0.15, 0.2) is 0 Å². The van der Waals surface area contributed by atoms with Crippen LogP contribution < -0.4 is 0 Å². The summed E-state index contributed by atoms with van der Waals surface area (Å²) in [6.07, 6.45) is 4.48. The third-order valence-electron chi connectivity index (χ3n) is 2.88. The van der Waals surface area contributed by atoms with Crippen molar-refractivity contribution in [2.45, 2.75) is 6.92 Å². The molecule has 0 amide bonds. The molecule has 2 aromatic rings. The third kappa shape index (κ3) is 5.45. The SMILES string of the molecule is CCOC(=O)C=Cc1cccc(N=Cc2ccc(Br)cc2F)c1. The van der Waals surface area contributed by atoms with Crippen LogP contribution in [0.25, 0.3) is 6.08 Å². The lowest BCUT2D eigenvalue weighted by Crippen LogP contribution is -1.98. The van der Waals surface area contributed by atoms with Gasteiger partial charge in [0, 0.05) is 22.3 Å². The summed E-state index contributed by atoms with van der Waals surface area (Å²) in [6.45, 7) is 2.09. The molecular weight excluding hydrogens is 361 g/mol. The quantitative estimate of drug-likeness (QED) is 0.422. The summed E-state index contributed by atoms with van der Waals surface area (Å²) in [5.74, 6) is -0.736. The molecule has 0 atom stereocenters. The number of aliphatic imine (C=N–C) groups is 1. The Morgan fingerprint density at radius 3 is 2.87 bits per heavy atom. The normalized spacial score (nSPS) is 11.3. The first-order valence-corrected chi connectivity index (χ1v) is 7.82. The number of nitrogens with zero attached hydrogens (tertiary/aromatic N) is 1. The highest BCUT2D eigenvalue weighted by atomic mass is 79.9. The van der Waals surface area contributed by atoms with Gasteiger partial charge in [-0.1, -0.05) is 28.1 Å². The van der Waals surface area contributed by atoms with Crippen LogP contribution in [0.2, 0.25) is 0 Å². The van der Waals surface area contributed by atoms with Crippen LogP contribution in [0.3, 0.4) is 0 Å². The highest BCUT2D eigenvalue weighted by Gasteiger charge is 2.00. The van der Waals surface area contributed by atoms with Crippen LogP contribution in [0.4, 0.5) is 10.1 Å². The number of esters is 1. The van der Waals surface area contributed by atoms with Crippen LogP contribution in [0.15, 0.2) is 58.0 Å². The van der Waals surface area contributed by atoms with E-state index in [1.807, 2.05) is 12.1 Å². The smallest absolute Gasteiger partial charge is 0.330 e. The molecule has 2 rings (SSSR count). The summed E-state index contributed by atoms with van der Waals surface area (Å²) in [4.78, 5) is 15.6. The van der Waals surface area contributed by atoms with Crippen LogP contribution >= 0.6 is 15.9 Å². The fourth-order valence-electron chi connectivity index (χ4n) is 1.81. The van der Waals surface area contributed by atoms with Crippen LogP contribution in [-0.4, -0.2) is 18.8 Å². The Balaban J connectivity index is 2.13. The zero-order chi connectivity index (χ0) is 16.7. The average molecular weight is 376 g/mol. The van der Waals surface area contributed by atoms with E-state index >= 15 is 0 Å². The summed E-state index contributed by atoms with van der Waals surface area (Å²) in [5.41, 5.74) is 1.88. The summed E-state index contributed by atoms with van der Waals surface area (Å²) in [7, 11) is 0. The number of carbonyl (C=O) groups is 1. The molecule has 5 heteroatoms. The molecule has 0 radical (unpaired) electrons. The van der Waals surface area contributed by atoms with Crippen molar-refractivity contribution in [3.8, 4) is 0 Å². The Morgan fingerprint density at radius 2 is 2.13 bits per heavy atom. The maximum absolute atomic E-state index is 13.7. The molecule has 118 valence electrons. The molecule has 0 heterocycles. The lowest BCUT2D eigenvalue weighted by Gasteiger charge is -1.99. The van der Waals surface area contributed by atoms with Crippen molar-refractivity contribution >= 4 is 39.9 Å². The molecule has 0 aromatic heterocycles. The predicted molar refractivity (Wildman–Crippen MR) is 93.5 cm³/mol. The zero-order valence-electron chi connectivity index (χ0n) is 12.5. The van der Waals surface area contributed by atoms with E-state index in [1.54, 1.807) is 37.3 Å². The number of hydrogen-bond donors (Lipinski definition) is 0. The van der Waals surface area contributed by atoms with E-state index in [0.717, 1.165) is 5.56 Å². The van der Waals surface area contributed by atoms with Crippen LogP contribution in [0, 0.1) is 5.82 Å². The Hall–Kier alpha value is -2.27. The minimum Gasteiger partial charge on any atom is -0.463 e. The molecule has 0 aliphatic rings. The monoisotopic (exact) mass is 375 g/mol. The van der Waals surface area contributed by atoms with E-state index in [4.69, 9.17) is 4.74 Å². The van der Waals surface area contributed by atoms with E-state index in [9.17, 15) is 9.18 Å². The first kappa shape index (κ1) is 17.1. The molecule has 23 heavy (non-hydrogen) atoms. The van der Waals surface area contributed by atoms with Gasteiger partial charge in [-0.15, -0.1) is 0 Å². The highest BCUT2D eigenvalue weighted by Crippen LogP contribution is 2.17. The van der Waals surface area contributed by atoms with E-state index in [2.05, 4.69) is 20.9 Å². The van der Waals surface area contributed by atoms with Crippen molar-refractivity contribution in [3.63, 3.8) is 0 Å². The average Bonchev–Trinajstić information content (AvgIpc) is 2.53. The number of ether oxygens (including phenoxy) is 1. The van der Waals surface area contributed by atoms with E-state index in [0.29, 0.717) is 22.3 Å². The summed E-state index contributed by atoms with van der Waals surface area (Å²) in [6, 6.07) is 12.0. The topological polar surface area (TPSA) is 38.7 Å². The fraction of sp³-hybridized carbons (Fsp3) is 0.111. The lowest BCUT2D eigenvalue weighted by atomic mass is 10.2. The second-order valence-electron chi connectivity index (χ2n) is 4.60. The van der Waals surface area contributed by atoms with Gasteiger partial charge in [-0.05, 0) is 48.9 Å². The molecule has 0 saturated heterocycles. The summed E-state index contributed by atoms with van der Waals surface area (Å²) >= 11 is 3.21. The van der Waals surface area contributed by atoms with Crippen molar-refractivity contribution in [2.75, 3.05) is 6.61 Å². The fourth-order valence-corrected chi connectivity index (χ4v) is 2.15. The number of benzene rings is 2. The summed E-state index contributed by atoms with van der Waals surface area (Å²) in [5, 5.41) is 0. The Kier molecular flexibility index (Phi) is 6.23. The lowest BCUT2D eigenvalue weighted by molar-refractivity contribution is -0.137. The van der Waals surface area contributed by atoms with E-state index in [1.165, 1.54) is 18.4 Å². The standard InChI is InChI=1S/C18H15BrFNO2/c1-2-23-18(22)9-6-13-4-3-5-16(10-13)21-12-14-7-8-15(19)11-17(14)20/h3-12H,2H2,1H3. The second-order valence-corrected chi connectivity index (χ2v) is 5.52. The molecular formula is C18H15BrFNO2. The molecule has 0 aliphatic carbocycles. The maximum atomic E-state index is 13.7. The van der Waals surface area contributed by atoms with Gasteiger partial charge >= 0.3 is 5.97 Å². The van der Waals surface area contributed by atoms with Crippen LogP contribution in [0.1, 0.15) is 18.1 Å². The molecule has 0 spiro atoms. The van der Waals surface area contributed by atoms with E-state index < -0.39 is 5.97 Å². The molecule has 0 unspecified atom stereocenters. The molecule has 2 aromatic carbocycles. The van der Waals surface area contributed by atoms with Crippen LogP contribution in [0.5, 0.6) is 0 Å². The number of carbonyl (C=O) groups excluding carboxylic acids is 1. The minimum absolute atomic E-state index is 0.340. The van der Waals surface area contributed by atoms with Crippen LogP contribution in [-0.2, 0) is 9.53 Å². The number of rotatable bonds is 5. The minimum atomic E-state index is -0.390. The first-order valence-electron chi connectivity index (χ1n) is 7.02. The number of hydrogen-bond acceptors (Lipinski definition) is 3. The van der Waals surface area contributed by atoms with Crippen molar-refractivity contribution in [3.05, 3.63) is 70.0 Å². The molecule has 0 aliphatic heterocycles. The maximum Gasteiger partial charge on any atom is 0.330 e. The highest BCUT2D eigenvalue weighted by molar-refractivity contribution is 9.10. The second kappa shape index (κ2) is 8.39. The first-order chi connectivity index (χ1) is 11.1. The van der Waals surface area contributed by atoms with Gasteiger partial charge in [0.2, 0.25) is 0 Å². The Labute approximate surface area is 142 Å². The van der Waals surface area contributed by atoms with Gasteiger partial charge in [0.25, 0.3) is 0 Å². The predicted octanol–water partition coefficient (Wildman–Crippen LogP) is 4.92. The van der Waals surface area contributed by atoms with Crippen molar-refractivity contribution in [1.82, 2.24) is 0 Å². The van der Waals surface area contributed by atoms with E-state index in [-0.39, 0.29) is 5.82 Å². The third-order valence-corrected chi connectivity index (χ3v) is 3.38.